The van der Waals surface area contributed by atoms with E-state index in [9.17, 15) is 0 Å². The third kappa shape index (κ3) is 1.87. The minimum absolute atomic E-state index is 0.297. The Hall–Kier alpha value is -0.870. The van der Waals surface area contributed by atoms with Crippen LogP contribution in [-0.4, -0.2) is 28.8 Å². The van der Waals surface area contributed by atoms with E-state index in [-0.39, 0.29) is 0 Å². The number of hydrogen-bond donors (Lipinski definition) is 1. The number of nitrogens with two attached hydrogens (primary N) is 1. The maximum absolute atomic E-state index is 5.96. The van der Waals surface area contributed by atoms with Crippen molar-refractivity contribution in [2.24, 2.45) is 5.73 Å². The fourth-order valence-corrected chi connectivity index (χ4v) is 2.64. The maximum Gasteiger partial charge on any atom is 0.110 e. The zero-order chi connectivity index (χ0) is 11.0. The first kappa shape index (κ1) is 10.3. The van der Waals surface area contributed by atoms with Gasteiger partial charge in [0.1, 0.15) is 5.82 Å². The van der Waals surface area contributed by atoms with E-state index in [0.29, 0.717) is 12.0 Å². The second-order valence-electron chi connectivity index (χ2n) is 4.94. The number of rotatable bonds is 1. The summed E-state index contributed by atoms with van der Waals surface area (Å²) in [6.07, 6.45) is 6.58. The van der Waals surface area contributed by atoms with Crippen molar-refractivity contribution in [2.45, 2.75) is 44.2 Å². The van der Waals surface area contributed by atoms with Gasteiger partial charge >= 0.3 is 0 Å². The monoisotopic (exact) mass is 221 g/mol. The van der Waals surface area contributed by atoms with E-state index in [2.05, 4.69) is 10.8 Å². The van der Waals surface area contributed by atoms with E-state index in [4.69, 9.17) is 15.5 Å². The van der Waals surface area contributed by atoms with Crippen LogP contribution in [0.4, 0.5) is 0 Å². The van der Waals surface area contributed by atoms with Crippen LogP contribution in [0.2, 0.25) is 0 Å². The highest BCUT2D eigenvalue weighted by Crippen LogP contribution is 2.26. The lowest BCUT2D eigenvalue weighted by Gasteiger charge is -2.19. The van der Waals surface area contributed by atoms with Crippen LogP contribution in [0.25, 0.3) is 0 Å². The zero-order valence-corrected chi connectivity index (χ0v) is 9.56. The van der Waals surface area contributed by atoms with E-state index in [1.54, 1.807) is 0 Å². The van der Waals surface area contributed by atoms with Crippen molar-refractivity contribution < 1.29 is 4.74 Å². The smallest absolute Gasteiger partial charge is 0.110 e. The molecule has 2 N–H and O–H groups in total. The first-order chi connectivity index (χ1) is 7.83. The molecule has 4 nitrogen and oxygen atoms in total. The van der Waals surface area contributed by atoms with Gasteiger partial charge < -0.3 is 15.0 Å². The van der Waals surface area contributed by atoms with Gasteiger partial charge in [-0.05, 0) is 19.3 Å². The summed E-state index contributed by atoms with van der Waals surface area (Å²) in [7, 11) is 0. The van der Waals surface area contributed by atoms with Gasteiger partial charge in [-0.1, -0.05) is 0 Å². The van der Waals surface area contributed by atoms with E-state index >= 15 is 0 Å². The summed E-state index contributed by atoms with van der Waals surface area (Å²) in [4.78, 5) is 4.73. The predicted octanol–water partition coefficient (Wildman–Crippen LogP) is 1.05. The highest BCUT2D eigenvalue weighted by Gasteiger charge is 2.23. The molecule has 2 unspecified atom stereocenters. The SMILES string of the molecule is NC1CCn2cc(C3CCCOC3)nc2C1. The number of ether oxygens (including phenoxy) is 1. The van der Waals surface area contributed by atoms with E-state index in [1.807, 2.05) is 0 Å². The van der Waals surface area contributed by atoms with Crippen LogP contribution in [0.3, 0.4) is 0 Å². The molecule has 3 rings (SSSR count). The molecule has 0 aliphatic carbocycles. The topological polar surface area (TPSA) is 53.1 Å². The van der Waals surface area contributed by atoms with Crippen LogP contribution in [0.15, 0.2) is 6.20 Å². The minimum atomic E-state index is 0.297. The molecule has 0 radical (unpaired) electrons. The zero-order valence-electron chi connectivity index (χ0n) is 9.56. The minimum Gasteiger partial charge on any atom is -0.381 e. The lowest BCUT2D eigenvalue weighted by molar-refractivity contribution is 0.0794. The van der Waals surface area contributed by atoms with Gasteiger partial charge in [-0.3, -0.25) is 0 Å². The second kappa shape index (κ2) is 4.18. The van der Waals surface area contributed by atoms with E-state index < -0.39 is 0 Å². The Morgan fingerprint density at radius 3 is 3.19 bits per heavy atom. The summed E-state index contributed by atoms with van der Waals surface area (Å²) in [6, 6.07) is 0.297. The van der Waals surface area contributed by atoms with Crippen LogP contribution >= 0.6 is 0 Å². The number of imidazole rings is 1. The molecule has 3 heterocycles. The average Bonchev–Trinajstić information content (AvgIpc) is 2.73. The van der Waals surface area contributed by atoms with E-state index in [0.717, 1.165) is 39.0 Å². The second-order valence-corrected chi connectivity index (χ2v) is 4.94. The molecular formula is C12H19N3O. The summed E-state index contributed by atoms with van der Waals surface area (Å²) < 4.78 is 7.79. The first-order valence-electron chi connectivity index (χ1n) is 6.22. The summed E-state index contributed by atoms with van der Waals surface area (Å²) in [6.45, 7) is 2.77. The molecule has 4 heteroatoms. The van der Waals surface area contributed by atoms with Crippen molar-refractivity contribution in [3.63, 3.8) is 0 Å². The Morgan fingerprint density at radius 1 is 1.44 bits per heavy atom. The first-order valence-corrected chi connectivity index (χ1v) is 6.22. The van der Waals surface area contributed by atoms with Crippen molar-refractivity contribution in [2.75, 3.05) is 13.2 Å². The Bertz CT molecular complexity index is 368. The van der Waals surface area contributed by atoms with E-state index in [1.165, 1.54) is 17.9 Å². The molecule has 1 aromatic rings. The van der Waals surface area contributed by atoms with Gasteiger partial charge in [-0.15, -0.1) is 0 Å². The number of aromatic nitrogens is 2. The molecule has 1 saturated heterocycles. The van der Waals surface area contributed by atoms with Crippen molar-refractivity contribution in [3.05, 3.63) is 17.7 Å². The van der Waals surface area contributed by atoms with Crippen molar-refractivity contribution in [1.29, 1.82) is 0 Å². The molecule has 16 heavy (non-hydrogen) atoms. The largest absolute Gasteiger partial charge is 0.381 e. The molecule has 0 aromatic carbocycles. The Labute approximate surface area is 95.8 Å². The highest BCUT2D eigenvalue weighted by molar-refractivity contribution is 5.12. The highest BCUT2D eigenvalue weighted by atomic mass is 16.5. The molecule has 0 saturated carbocycles. The van der Waals surface area contributed by atoms with Gasteiger partial charge in [0.15, 0.2) is 0 Å². The van der Waals surface area contributed by atoms with Gasteiger partial charge in [0.05, 0.1) is 12.3 Å². The molecule has 0 bridgehead atoms. The van der Waals surface area contributed by atoms with Gasteiger partial charge in [0, 0.05) is 37.7 Å². The molecule has 2 aliphatic rings. The summed E-state index contributed by atoms with van der Waals surface area (Å²) >= 11 is 0. The maximum atomic E-state index is 5.96. The summed E-state index contributed by atoms with van der Waals surface area (Å²) in [5.74, 6) is 1.67. The van der Waals surface area contributed by atoms with Crippen molar-refractivity contribution >= 4 is 0 Å². The molecule has 1 fully saturated rings. The molecule has 2 atom stereocenters. The van der Waals surface area contributed by atoms with Gasteiger partial charge in [-0.25, -0.2) is 4.98 Å². The standard InChI is InChI=1S/C12H19N3O/c13-10-3-4-15-7-11(14-12(15)6-10)9-2-1-5-16-8-9/h7,9-10H,1-6,8,13H2. The Morgan fingerprint density at radius 2 is 2.38 bits per heavy atom. The molecule has 0 amide bonds. The third-order valence-electron chi connectivity index (χ3n) is 3.64. The molecule has 2 aliphatic heterocycles. The van der Waals surface area contributed by atoms with Crippen LogP contribution in [-0.2, 0) is 17.7 Å². The lowest BCUT2D eigenvalue weighted by atomic mass is 9.99. The number of fused-ring (bicyclic) bond motifs is 1. The van der Waals surface area contributed by atoms with Crippen LogP contribution in [0.5, 0.6) is 0 Å². The number of aryl methyl sites for hydroxylation is 1. The summed E-state index contributed by atoms with van der Waals surface area (Å²) in [5.41, 5.74) is 7.17. The van der Waals surface area contributed by atoms with Gasteiger partial charge in [0.2, 0.25) is 0 Å². The predicted molar refractivity (Wildman–Crippen MR) is 61.3 cm³/mol. The van der Waals surface area contributed by atoms with Crippen LogP contribution < -0.4 is 5.73 Å². The van der Waals surface area contributed by atoms with Crippen LogP contribution in [0, 0.1) is 0 Å². The molecule has 0 spiro atoms. The fraction of sp³-hybridized carbons (Fsp3) is 0.750. The molecule has 88 valence electrons. The quantitative estimate of drug-likeness (QED) is 0.771. The lowest BCUT2D eigenvalue weighted by Crippen LogP contribution is -2.30. The van der Waals surface area contributed by atoms with Gasteiger partial charge in [-0.2, -0.15) is 0 Å². The third-order valence-corrected chi connectivity index (χ3v) is 3.64. The average molecular weight is 221 g/mol. The Balaban J connectivity index is 1.80. The van der Waals surface area contributed by atoms with Crippen molar-refractivity contribution in [3.8, 4) is 0 Å². The number of hydrogen-bond acceptors (Lipinski definition) is 3. The fourth-order valence-electron chi connectivity index (χ4n) is 2.64. The normalized spacial score (nSPS) is 30.1. The van der Waals surface area contributed by atoms with Crippen LogP contribution in [0.1, 0.15) is 36.7 Å². The Kier molecular flexibility index (Phi) is 2.69. The summed E-state index contributed by atoms with van der Waals surface area (Å²) in [5, 5.41) is 0. The molecule has 1 aromatic heterocycles. The molecular weight excluding hydrogens is 202 g/mol. The number of nitrogens with zero attached hydrogens (tertiary/aromatic N) is 2. The van der Waals surface area contributed by atoms with Crippen molar-refractivity contribution in [1.82, 2.24) is 9.55 Å². The van der Waals surface area contributed by atoms with Gasteiger partial charge in [0.25, 0.3) is 0 Å².